The van der Waals surface area contributed by atoms with Gasteiger partial charge < -0.3 is 10.2 Å². The molecule has 0 radical (unpaired) electrons. The fourth-order valence-electron chi connectivity index (χ4n) is 4.77. The highest BCUT2D eigenvalue weighted by Gasteiger charge is 2.51. The summed E-state index contributed by atoms with van der Waals surface area (Å²) in [5.41, 5.74) is 3.78. The number of halogens is 2. The van der Waals surface area contributed by atoms with Gasteiger partial charge in [0.25, 0.3) is 0 Å². The first kappa shape index (κ1) is 18.7. The van der Waals surface area contributed by atoms with Gasteiger partial charge in [0.15, 0.2) is 0 Å². The molecule has 0 spiro atoms. The topological polar surface area (TPSA) is 64.7 Å². The Balaban J connectivity index is 1.49. The van der Waals surface area contributed by atoms with Crippen LogP contribution >= 0.6 is 11.6 Å². The first-order valence-corrected chi connectivity index (χ1v) is 9.95. The summed E-state index contributed by atoms with van der Waals surface area (Å²) < 4.78 is 13.2. The molecule has 1 saturated carbocycles. The second kappa shape index (κ2) is 7.37. The Morgan fingerprint density at radius 2 is 2.15 bits per heavy atom. The highest BCUT2D eigenvalue weighted by molar-refractivity contribution is 6.33. The Labute approximate surface area is 163 Å². The Kier molecular flexibility index (Phi) is 5.09. The molecular formula is C19H24ClFN4O2. The lowest BCUT2D eigenvalue weighted by molar-refractivity contribution is -0.155. The average molecular weight is 395 g/mol. The van der Waals surface area contributed by atoms with Gasteiger partial charge in [0, 0.05) is 31.1 Å². The van der Waals surface area contributed by atoms with Gasteiger partial charge in [-0.3, -0.25) is 15.0 Å². The van der Waals surface area contributed by atoms with E-state index in [2.05, 4.69) is 15.8 Å². The van der Waals surface area contributed by atoms with Gasteiger partial charge in [0.05, 0.1) is 10.7 Å². The largest absolute Gasteiger partial charge is 0.337 e. The smallest absolute Gasteiger partial charge is 0.241 e. The Morgan fingerprint density at radius 1 is 1.33 bits per heavy atom. The fraction of sp³-hybridized carbons (Fsp3) is 0.579. The predicted molar refractivity (Wildman–Crippen MR) is 101 cm³/mol. The van der Waals surface area contributed by atoms with Crippen molar-refractivity contribution < 1.29 is 14.0 Å². The molecule has 1 aromatic rings. The minimum Gasteiger partial charge on any atom is -0.337 e. The van der Waals surface area contributed by atoms with Gasteiger partial charge in [0.1, 0.15) is 11.9 Å². The third kappa shape index (κ3) is 3.32. The van der Waals surface area contributed by atoms with E-state index in [1.54, 1.807) is 0 Å². The third-order valence-electron chi connectivity index (χ3n) is 6.06. The van der Waals surface area contributed by atoms with E-state index in [0.717, 1.165) is 25.8 Å². The van der Waals surface area contributed by atoms with Gasteiger partial charge in [0.2, 0.25) is 11.8 Å². The second-order valence-electron chi connectivity index (χ2n) is 7.50. The standard InChI is InChI=1S/C19H24ClFN4O2/c1-2-24-17-9-11(18(26)23-14-5-4-12(21)10-13(14)20)3-6-15(17)25-16(19(24)27)7-8-22-25/h4-5,10-11,15-17,22H,2-3,6-9H2,1H3,(H,23,26). The molecule has 4 atom stereocenters. The van der Waals surface area contributed by atoms with Crippen molar-refractivity contribution in [2.24, 2.45) is 5.92 Å². The van der Waals surface area contributed by atoms with Gasteiger partial charge in [-0.05, 0) is 50.8 Å². The van der Waals surface area contributed by atoms with Crippen LogP contribution in [0.1, 0.15) is 32.6 Å². The lowest BCUT2D eigenvalue weighted by Gasteiger charge is -2.51. The van der Waals surface area contributed by atoms with Gasteiger partial charge in [-0.25, -0.2) is 9.40 Å². The van der Waals surface area contributed by atoms with E-state index >= 15 is 0 Å². The number of nitrogens with zero attached hydrogens (tertiary/aromatic N) is 2. The van der Waals surface area contributed by atoms with Crippen LogP contribution in [-0.2, 0) is 9.59 Å². The minimum atomic E-state index is -0.439. The van der Waals surface area contributed by atoms with Crippen LogP contribution in [-0.4, -0.2) is 52.9 Å². The highest BCUT2D eigenvalue weighted by Crippen LogP contribution is 2.37. The van der Waals surface area contributed by atoms with Crippen LogP contribution in [0.25, 0.3) is 0 Å². The summed E-state index contributed by atoms with van der Waals surface area (Å²) in [6.45, 7) is 3.47. The minimum absolute atomic E-state index is 0.0255. The van der Waals surface area contributed by atoms with Gasteiger partial charge in [-0.2, -0.15) is 0 Å². The van der Waals surface area contributed by atoms with E-state index < -0.39 is 5.82 Å². The van der Waals surface area contributed by atoms with Crippen LogP contribution in [0.4, 0.5) is 10.1 Å². The van der Waals surface area contributed by atoms with Crippen molar-refractivity contribution in [1.29, 1.82) is 0 Å². The van der Waals surface area contributed by atoms with Crippen LogP contribution in [0, 0.1) is 11.7 Å². The van der Waals surface area contributed by atoms with Crippen LogP contribution in [0.5, 0.6) is 0 Å². The average Bonchev–Trinajstić information content (AvgIpc) is 3.14. The zero-order valence-electron chi connectivity index (χ0n) is 15.3. The third-order valence-corrected chi connectivity index (χ3v) is 6.37. The number of rotatable bonds is 3. The number of hydrogen-bond acceptors (Lipinski definition) is 4. The molecular weight excluding hydrogens is 371 g/mol. The monoisotopic (exact) mass is 394 g/mol. The summed E-state index contributed by atoms with van der Waals surface area (Å²) in [5.74, 6) is -0.604. The summed E-state index contributed by atoms with van der Waals surface area (Å²) >= 11 is 6.03. The number of carbonyl (C=O) groups excluding carboxylic acids is 2. The maximum atomic E-state index is 13.2. The molecule has 3 aliphatic rings. The van der Waals surface area contributed by atoms with Crippen molar-refractivity contribution in [1.82, 2.24) is 15.3 Å². The highest BCUT2D eigenvalue weighted by atomic mass is 35.5. The van der Waals surface area contributed by atoms with E-state index in [0.29, 0.717) is 18.7 Å². The number of nitrogens with one attached hydrogen (secondary N) is 2. The number of carbonyl (C=O) groups is 2. The summed E-state index contributed by atoms with van der Waals surface area (Å²) in [6, 6.07) is 4.13. The van der Waals surface area contributed by atoms with Crippen LogP contribution in [0.3, 0.4) is 0 Å². The molecule has 2 heterocycles. The molecule has 3 fully saturated rings. The zero-order chi connectivity index (χ0) is 19.1. The summed E-state index contributed by atoms with van der Waals surface area (Å²) in [4.78, 5) is 27.6. The second-order valence-corrected chi connectivity index (χ2v) is 7.91. The molecule has 2 saturated heterocycles. The molecule has 1 aliphatic carbocycles. The number of hydrazine groups is 1. The molecule has 0 bridgehead atoms. The molecule has 1 aromatic carbocycles. The van der Waals surface area contributed by atoms with Crippen molar-refractivity contribution in [2.75, 3.05) is 18.4 Å². The molecule has 8 heteroatoms. The summed E-state index contributed by atoms with van der Waals surface area (Å²) in [5, 5.41) is 5.14. The van der Waals surface area contributed by atoms with Crippen molar-refractivity contribution in [3.05, 3.63) is 29.0 Å². The quantitative estimate of drug-likeness (QED) is 0.826. The molecule has 27 heavy (non-hydrogen) atoms. The predicted octanol–water partition coefficient (Wildman–Crippen LogP) is 2.40. The lowest BCUT2D eigenvalue weighted by Crippen LogP contribution is -2.68. The van der Waals surface area contributed by atoms with Gasteiger partial charge in [-0.15, -0.1) is 0 Å². The number of anilines is 1. The molecule has 4 unspecified atom stereocenters. The van der Waals surface area contributed by atoms with E-state index in [-0.39, 0.29) is 40.9 Å². The number of piperazine rings is 1. The first-order valence-electron chi connectivity index (χ1n) is 9.57. The molecule has 2 amide bonds. The molecule has 6 nitrogen and oxygen atoms in total. The van der Waals surface area contributed by atoms with Crippen LogP contribution in [0.2, 0.25) is 5.02 Å². The van der Waals surface area contributed by atoms with Crippen molar-refractivity contribution >= 4 is 29.1 Å². The van der Waals surface area contributed by atoms with E-state index in [1.165, 1.54) is 18.2 Å². The molecule has 2 N–H and O–H groups in total. The number of hydrogen-bond donors (Lipinski definition) is 2. The Morgan fingerprint density at radius 3 is 2.89 bits per heavy atom. The van der Waals surface area contributed by atoms with Crippen LogP contribution < -0.4 is 10.7 Å². The van der Waals surface area contributed by atoms with Gasteiger partial charge in [-0.1, -0.05) is 11.6 Å². The SMILES string of the molecule is CCN1C(=O)C2CCNN2C2CCC(C(=O)Nc3ccc(F)cc3Cl)CC21. The maximum absolute atomic E-state index is 13.2. The first-order chi connectivity index (χ1) is 13.0. The molecule has 146 valence electrons. The van der Waals surface area contributed by atoms with E-state index in [4.69, 9.17) is 11.6 Å². The lowest BCUT2D eigenvalue weighted by atomic mass is 9.78. The number of fused-ring (bicyclic) bond motifs is 3. The molecule has 4 rings (SSSR count). The van der Waals surface area contributed by atoms with Crippen molar-refractivity contribution in [2.45, 2.75) is 50.7 Å². The maximum Gasteiger partial charge on any atom is 0.241 e. The van der Waals surface area contributed by atoms with E-state index in [9.17, 15) is 14.0 Å². The summed E-state index contributed by atoms with van der Waals surface area (Å²) in [7, 11) is 0. The van der Waals surface area contributed by atoms with E-state index in [1.807, 2.05) is 11.8 Å². The fourth-order valence-corrected chi connectivity index (χ4v) is 4.98. The molecule has 2 aliphatic heterocycles. The normalized spacial score (nSPS) is 30.8. The Hall–Kier alpha value is -1.70. The zero-order valence-corrected chi connectivity index (χ0v) is 16.0. The Bertz CT molecular complexity index is 761. The number of benzene rings is 1. The van der Waals surface area contributed by atoms with Gasteiger partial charge >= 0.3 is 0 Å². The number of amides is 2. The molecule has 0 aromatic heterocycles. The van der Waals surface area contributed by atoms with Crippen molar-refractivity contribution in [3.63, 3.8) is 0 Å². The number of likely N-dealkylation sites (N-methyl/N-ethyl adjacent to an activating group) is 1. The van der Waals surface area contributed by atoms with Crippen LogP contribution in [0.15, 0.2) is 18.2 Å². The van der Waals surface area contributed by atoms with Crippen molar-refractivity contribution in [3.8, 4) is 0 Å². The summed E-state index contributed by atoms with van der Waals surface area (Å²) in [6.07, 6.45) is 3.07.